The van der Waals surface area contributed by atoms with Crippen molar-refractivity contribution < 1.29 is 4.42 Å². The molecule has 3 heteroatoms. The number of thiophene rings is 1. The third kappa shape index (κ3) is 1.99. The highest BCUT2D eigenvalue weighted by Gasteiger charge is 2.00. The van der Waals surface area contributed by atoms with Crippen molar-refractivity contribution in [1.29, 1.82) is 0 Å². The molecule has 0 radical (unpaired) electrons. The van der Waals surface area contributed by atoms with E-state index in [0.717, 1.165) is 18.1 Å². The molecule has 2 aromatic rings. The molecule has 2 aromatic heterocycles. The third-order valence-corrected chi connectivity index (χ3v) is 2.97. The fourth-order valence-corrected chi connectivity index (χ4v) is 2.11. The number of hydrogen-bond donors (Lipinski definition) is 1. The minimum Gasteiger partial charge on any atom is -0.465 e. The number of nitrogens with one attached hydrogen (secondary N) is 1. The Hall–Kier alpha value is -1.22. The van der Waals surface area contributed by atoms with Crippen molar-refractivity contribution in [3.63, 3.8) is 0 Å². The normalized spacial score (nSPS) is 10.4. The lowest BCUT2D eigenvalue weighted by molar-refractivity contribution is 0.490. The van der Waals surface area contributed by atoms with E-state index < -0.39 is 0 Å². The predicted octanol–water partition coefficient (Wildman–Crippen LogP) is 3.57. The maximum atomic E-state index is 5.46. The van der Waals surface area contributed by atoms with Crippen molar-refractivity contribution in [2.24, 2.45) is 0 Å². The molecule has 0 atom stereocenters. The first-order chi connectivity index (χ1) is 6.75. The fraction of sp³-hybridized carbons (Fsp3) is 0.273. The summed E-state index contributed by atoms with van der Waals surface area (Å²) in [5.41, 5.74) is 2.49. The second-order valence-electron chi connectivity index (χ2n) is 3.33. The van der Waals surface area contributed by atoms with Crippen LogP contribution in [0.1, 0.15) is 17.1 Å². The van der Waals surface area contributed by atoms with Gasteiger partial charge in [0, 0.05) is 11.1 Å². The van der Waals surface area contributed by atoms with E-state index in [0.29, 0.717) is 0 Å². The van der Waals surface area contributed by atoms with E-state index in [9.17, 15) is 0 Å². The Morgan fingerprint density at radius 3 is 2.71 bits per heavy atom. The number of rotatable bonds is 3. The van der Waals surface area contributed by atoms with E-state index in [-0.39, 0.29) is 0 Å². The largest absolute Gasteiger partial charge is 0.465 e. The molecule has 0 aliphatic rings. The molecular weight excluding hydrogens is 194 g/mol. The SMILES string of the molecule is Cc1ccc(CNc2cscc2C)o1. The first-order valence-electron chi connectivity index (χ1n) is 4.57. The first kappa shape index (κ1) is 9.34. The number of hydrogen-bond acceptors (Lipinski definition) is 3. The van der Waals surface area contributed by atoms with E-state index in [2.05, 4.69) is 23.0 Å². The topological polar surface area (TPSA) is 25.2 Å². The van der Waals surface area contributed by atoms with Crippen molar-refractivity contribution in [2.75, 3.05) is 5.32 Å². The van der Waals surface area contributed by atoms with Gasteiger partial charge in [-0.15, -0.1) is 11.3 Å². The second kappa shape index (κ2) is 3.88. The Kier molecular flexibility index (Phi) is 2.59. The van der Waals surface area contributed by atoms with Gasteiger partial charge in [-0.1, -0.05) is 0 Å². The molecule has 0 saturated heterocycles. The summed E-state index contributed by atoms with van der Waals surface area (Å²) in [4.78, 5) is 0. The van der Waals surface area contributed by atoms with Gasteiger partial charge < -0.3 is 9.73 Å². The van der Waals surface area contributed by atoms with Gasteiger partial charge in [-0.3, -0.25) is 0 Å². The Morgan fingerprint density at radius 1 is 1.29 bits per heavy atom. The van der Waals surface area contributed by atoms with Crippen LogP contribution in [0.15, 0.2) is 27.3 Å². The van der Waals surface area contributed by atoms with E-state index in [4.69, 9.17) is 4.42 Å². The van der Waals surface area contributed by atoms with Crippen LogP contribution in [0.4, 0.5) is 5.69 Å². The molecule has 2 rings (SSSR count). The van der Waals surface area contributed by atoms with Crippen molar-refractivity contribution in [3.8, 4) is 0 Å². The molecule has 2 nitrogen and oxygen atoms in total. The molecule has 0 aliphatic carbocycles. The highest BCUT2D eigenvalue weighted by atomic mass is 32.1. The molecular formula is C11H13NOS. The average Bonchev–Trinajstić information content (AvgIpc) is 2.72. The van der Waals surface area contributed by atoms with Gasteiger partial charge >= 0.3 is 0 Å². The monoisotopic (exact) mass is 207 g/mol. The van der Waals surface area contributed by atoms with Crippen molar-refractivity contribution >= 4 is 17.0 Å². The van der Waals surface area contributed by atoms with Crippen LogP contribution < -0.4 is 5.32 Å². The van der Waals surface area contributed by atoms with Gasteiger partial charge in [0.05, 0.1) is 6.54 Å². The number of anilines is 1. The average molecular weight is 207 g/mol. The predicted molar refractivity (Wildman–Crippen MR) is 59.8 cm³/mol. The molecule has 0 fully saturated rings. The van der Waals surface area contributed by atoms with Crippen LogP contribution in [0.5, 0.6) is 0 Å². The van der Waals surface area contributed by atoms with Gasteiger partial charge in [0.15, 0.2) is 0 Å². The Labute approximate surface area is 87.6 Å². The van der Waals surface area contributed by atoms with Crippen molar-refractivity contribution in [3.05, 3.63) is 40.0 Å². The lowest BCUT2D eigenvalue weighted by atomic mass is 10.3. The molecule has 0 unspecified atom stereocenters. The van der Waals surface area contributed by atoms with Crippen LogP contribution in [0.3, 0.4) is 0 Å². The summed E-state index contributed by atoms with van der Waals surface area (Å²) in [6.07, 6.45) is 0. The van der Waals surface area contributed by atoms with Crippen LogP contribution in [-0.4, -0.2) is 0 Å². The summed E-state index contributed by atoms with van der Waals surface area (Å²) in [6.45, 7) is 4.82. The van der Waals surface area contributed by atoms with Gasteiger partial charge in [0.2, 0.25) is 0 Å². The van der Waals surface area contributed by atoms with Crippen molar-refractivity contribution in [1.82, 2.24) is 0 Å². The number of furan rings is 1. The summed E-state index contributed by atoms with van der Waals surface area (Å²) >= 11 is 1.71. The Balaban J connectivity index is 1.98. The quantitative estimate of drug-likeness (QED) is 0.832. The Bertz CT molecular complexity index is 416. The maximum absolute atomic E-state index is 5.46. The zero-order valence-electron chi connectivity index (χ0n) is 8.33. The van der Waals surface area contributed by atoms with Crippen LogP contribution >= 0.6 is 11.3 Å². The van der Waals surface area contributed by atoms with Crippen LogP contribution in [0, 0.1) is 13.8 Å². The van der Waals surface area contributed by atoms with E-state index in [1.54, 1.807) is 11.3 Å². The minimum atomic E-state index is 0.755. The highest BCUT2D eigenvalue weighted by molar-refractivity contribution is 7.08. The van der Waals surface area contributed by atoms with E-state index >= 15 is 0 Å². The van der Waals surface area contributed by atoms with Gasteiger partial charge in [-0.2, -0.15) is 0 Å². The van der Waals surface area contributed by atoms with Crippen LogP contribution in [-0.2, 0) is 6.54 Å². The van der Waals surface area contributed by atoms with Crippen LogP contribution in [0.25, 0.3) is 0 Å². The summed E-state index contributed by atoms with van der Waals surface area (Å²) in [5.74, 6) is 1.94. The molecule has 74 valence electrons. The van der Waals surface area contributed by atoms with Gasteiger partial charge in [-0.05, 0) is 36.9 Å². The van der Waals surface area contributed by atoms with Gasteiger partial charge in [0.1, 0.15) is 11.5 Å². The fourth-order valence-electron chi connectivity index (χ4n) is 1.30. The molecule has 0 bridgehead atoms. The highest BCUT2D eigenvalue weighted by Crippen LogP contribution is 2.20. The molecule has 0 amide bonds. The number of aryl methyl sites for hydroxylation is 2. The molecule has 1 N–H and O–H groups in total. The third-order valence-electron chi connectivity index (χ3n) is 2.10. The van der Waals surface area contributed by atoms with Crippen molar-refractivity contribution in [2.45, 2.75) is 20.4 Å². The lowest BCUT2D eigenvalue weighted by Gasteiger charge is -2.02. The van der Waals surface area contributed by atoms with Gasteiger partial charge in [-0.25, -0.2) is 0 Å². The van der Waals surface area contributed by atoms with Crippen LogP contribution in [0.2, 0.25) is 0 Å². The molecule has 0 spiro atoms. The summed E-state index contributed by atoms with van der Waals surface area (Å²) < 4.78 is 5.46. The minimum absolute atomic E-state index is 0.755. The smallest absolute Gasteiger partial charge is 0.123 e. The zero-order chi connectivity index (χ0) is 9.97. The standard InChI is InChI=1S/C11H13NOS/c1-8-6-14-7-11(8)12-5-10-4-3-9(2)13-10/h3-4,6-7,12H,5H2,1-2H3. The first-order valence-corrected chi connectivity index (χ1v) is 5.52. The molecule has 14 heavy (non-hydrogen) atoms. The second-order valence-corrected chi connectivity index (χ2v) is 4.08. The van der Waals surface area contributed by atoms with E-state index in [1.165, 1.54) is 11.3 Å². The molecule has 0 aromatic carbocycles. The lowest BCUT2D eigenvalue weighted by Crippen LogP contribution is -1.97. The van der Waals surface area contributed by atoms with E-state index in [1.807, 2.05) is 19.1 Å². The van der Waals surface area contributed by atoms with Gasteiger partial charge in [0.25, 0.3) is 0 Å². The molecule has 0 aliphatic heterocycles. The zero-order valence-corrected chi connectivity index (χ0v) is 9.15. The Morgan fingerprint density at radius 2 is 2.14 bits per heavy atom. The molecule has 0 saturated carbocycles. The molecule has 2 heterocycles. The summed E-state index contributed by atoms with van der Waals surface area (Å²) in [6, 6.07) is 3.99. The summed E-state index contributed by atoms with van der Waals surface area (Å²) in [7, 11) is 0. The summed E-state index contributed by atoms with van der Waals surface area (Å²) in [5, 5.41) is 7.59. The maximum Gasteiger partial charge on any atom is 0.123 e.